The molecule has 1 fully saturated rings. The zero-order valence-electron chi connectivity index (χ0n) is 14.8. The van der Waals surface area contributed by atoms with Crippen molar-refractivity contribution in [1.29, 1.82) is 0 Å². The predicted octanol–water partition coefficient (Wildman–Crippen LogP) is 2.83. The fraction of sp³-hybridized carbons (Fsp3) is 0.350. The molecule has 2 aromatic rings. The number of hydrogen-bond acceptors (Lipinski definition) is 4. The molecule has 7 heteroatoms. The van der Waals surface area contributed by atoms with E-state index in [-0.39, 0.29) is 17.7 Å². The Labute approximate surface area is 156 Å². The summed E-state index contributed by atoms with van der Waals surface area (Å²) in [5, 5.41) is 3.05. The molecular formula is C20H22F2N2O3. The van der Waals surface area contributed by atoms with E-state index in [1.54, 1.807) is 12.1 Å². The summed E-state index contributed by atoms with van der Waals surface area (Å²) in [5.41, 5.74) is 1.70. The van der Waals surface area contributed by atoms with E-state index >= 15 is 0 Å². The van der Waals surface area contributed by atoms with Crippen molar-refractivity contribution in [2.24, 2.45) is 0 Å². The highest BCUT2D eigenvalue weighted by molar-refractivity contribution is 5.79. The first-order chi connectivity index (χ1) is 13.1. The van der Waals surface area contributed by atoms with Crippen molar-refractivity contribution >= 4 is 5.91 Å². The second-order valence-electron chi connectivity index (χ2n) is 6.25. The number of rotatable bonds is 7. The van der Waals surface area contributed by atoms with Crippen molar-refractivity contribution in [3.63, 3.8) is 0 Å². The Morgan fingerprint density at radius 1 is 1.04 bits per heavy atom. The number of alkyl halides is 2. The van der Waals surface area contributed by atoms with Crippen molar-refractivity contribution in [2.45, 2.75) is 12.7 Å². The summed E-state index contributed by atoms with van der Waals surface area (Å²) >= 11 is 0. The molecule has 0 aromatic heterocycles. The van der Waals surface area contributed by atoms with Gasteiger partial charge in [0.15, 0.2) is 0 Å². The summed E-state index contributed by atoms with van der Waals surface area (Å²) in [4.78, 5) is 14.6. The Morgan fingerprint density at radius 3 is 2.30 bits per heavy atom. The van der Waals surface area contributed by atoms with Gasteiger partial charge >= 0.3 is 6.61 Å². The third kappa shape index (κ3) is 5.74. The predicted molar refractivity (Wildman–Crippen MR) is 96.8 cm³/mol. The van der Waals surface area contributed by atoms with Gasteiger partial charge in [-0.05, 0) is 23.3 Å². The fourth-order valence-corrected chi connectivity index (χ4v) is 3.02. The average molecular weight is 376 g/mol. The van der Waals surface area contributed by atoms with Crippen molar-refractivity contribution in [1.82, 2.24) is 10.2 Å². The maximum absolute atomic E-state index is 12.6. The number of ether oxygens (including phenoxy) is 2. The van der Waals surface area contributed by atoms with Gasteiger partial charge in [-0.1, -0.05) is 42.5 Å². The van der Waals surface area contributed by atoms with Gasteiger partial charge in [0, 0.05) is 13.1 Å². The molecule has 2 aromatic carbocycles. The number of hydrogen-bond donors (Lipinski definition) is 1. The van der Waals surface area contributed by atoms with Crippen molar-refractivity contribution in [3.05, 3.63) is 65.7 Å². The minimum Gasteiger partial charge on any atom is -0.435 e. The first-order valence-corrected chi connectivity index (χ1v) is 8.81. The standard InChI is InChI=1S/C20H22F2N2O3/c21-20(22)27-17-8-6-16(7-9-17)19(15-4-2-1-3-5-15)23-18(25)14-24-10-12-26-13-11-24/h1-9,19-20H,10-14H2,(H,23,25)/t19-/m0/s1. The number of amides is 1. The molecule has 0 radical (unpaired) electrons. The molecule has 0 saturated carbocycles. The van der Waals surface area contributed by atoms with Gasteiger partial charge in [0.25, 0.3) is 0 Å². The second kappa shape index (κ2) is 9.43. The van der Waals surface area contributed by atoms with Gasteiger partial charge in [0.2, 0.25) is 5.91 Å². The normalized spacial score (nSPS) is 16.1. The van der Waals surface area contributed by atoms with Gasteiger partial charge in [-0.25, -0.2) is 0 Å². The number of carbonyl (C=O) groups is 1. The minimum atomic E-state index is -2.87. The zero-order valence-corrected chi connectivity index (χ0v) is 14.8. The van der Waals surface area contributed by atoms with Gasteiger partial charge in [-0.3, -0.25) is 9.69 Å². The third-order valence-electron chi connectivity index (χ3n) is 4.35. The van der Waals surface area contributed by atoms with Gasteiger partial charge < -0.3 is 14.8 Å². The van der Waals surface area contributed by atoms with E-state index in [1.807, 2.05) is 35.2 Å². The summed E-state index contributed by atoms with van der Waals surface area (Å²) in [5.74, 6) is -0.0149. The number of benzene rings is 2. The quantitative estimate of drug-likeness (QED) is 0.807. The van der Waals surface area contributed by atoms with Crippen LogP contribution < -0.4 is 10.1 Å². The van der Waals surface area contributed by atoms with Crippen molar-refractivity contribution in [2.75, 3.05) is 32.8 Å². The van der Waals surface area contributed by atoms with Gasteiger partial charge in [0.05, 0.1) is 25.8 Å². The highest BCUT2D eigenvalue weighted by Crippen LogP contribution is 2.25. The van der Waals surface area contributed by atoms with E-state index in [4.69, 9.17) is 4.74 Å². The number of halogens is 2. The lowest BCUT2D eigenvalue weighted by Crippen LogP contribution is -2.44. The van der Waals surface area contributed by atoms with E-state index < -0.39 is 6.61 Å². The van der Waals surface area contributed by atoms with Gasteiger partial charge in [-0.2, -0.15) is 8.78 Å². The lowest BCUT2D eigenvalue weighted by molar-refractivity contribution is -0.123. The van der Waals surface area contributed by atoms with E-state index in [9.17, 15) is 13.6 Å². The van der Waals surface area contributed by atoms with Gasteiger partial charge in [-0.15, -0.1) is 0 Å². The Hall–Kier alpha value is -2.51. The Kier molecular flexibility index (Phi) is 6.73. The monoisotopic (exact) mass is 376 g/mol. The molecule has 0 spiro atoms. The van der Waals surface area contributed by atoms with E-state index in [0.29, 0.717) is 19.8 Å². The van der Waals surface area contributed by atoms with Crippen LogP contribution in [0.2, 0.25) is 0 Å². The van der Waals surface area contributed by atoms with Crippen LogP contribution in [0.3, 0.4) is 0 Å². The molecule has 1 aliphatic heterocycles. The average Bonchev–Trinajstić information content (AvgIpc) is 2.68. The van der Waals surface area contributed by atoms with Crippen LogP contribution in [0, 0.1) is 0 Å². The summed E-state index contributed by atoms with van der Waals surface area (Å²) in [6, 6.07) is 15.5. The molecule has 0 aliphatic carbocycles. The highest BCUT2D eigenvalue weighted by Gasteiger charge is 2.20. The molecule has 0 bridgehead atoms. The lowest BCUT2D eigenvalue weighted by atomic mass is 9.98. The minimum absolute atomic E-state index is 0.0835. The van der Waals surface area contributed by atoms with E-state index in [1.165, 1.54) is 12.1 Å². The molecule has 1 atom stereocenters. The summed E-state index contributed by atoms with van der Waals surface area (Å²) in [6.07, 6.45) is 0. The van der Waals surface area contributed by atoms with Crippen LogP contribution in [0.4, 0.5) is 8.78 Å². The first kappa shape index (κ1) is 19.3. The maximum Gasteiger partial charge on any atom is 0.387 e. The third-order valence-corrected chi connectivity index (χ3v) is 4.35. The molecule has 1 N–H and O–H groups in total. The number of carbonyl (C=O) groups excluding carboxylic acids is 1. The molecule has 1 saturated heterocycles. The molecule has 1 amide bonds. The van der Waals surface area contributed by atoms with Crippen molar-refractivity contribution < 1.29 is 23.0 Å². The fourth-order valence-electron chi connectivity index (χ4n) is 3.02. The topological polar surface area (TPSA) is 50.8 Å². The highest BCUT2D eigenvalue weighted by atomic mass is 19.3. The van der Waals surface area contributed by atoms with E-state index in [2.05, 4.69) is 10.1 Å². The van der Waals surface area contributed by atoms with Crippen LogP contribution in [0.5, 0.6) is 5.75 Å². The Bertz CT molecular complexity index is 720. The Morgan fingerprint density at radius 2 is 1.67 bits per heavy atom. The molecule has 3 rings (SSSR count). The SMILES string of the molecule is O=C(CN1CCOCC1)N[C@@H](c1ccccc1)c1ccc(OC(F)F)cc1. The van der Waals surface area contributed by atoms with Gasteiger partial charge in [0.1, 0.15) is 5.75 Å². The second-order valence-corrected chi connectivity index (χ2v) is 6.25. The maximum atomic E-state index is 12.6. The number of nitrogens with one attached hydrogen (secondary N) is 1. The largest absolute Gasteiger partial charge is 0.435 e. The number of nitrogens with zero attached hydrogens (tertiary/aromatic N) is 1. The van der Waals surface area contributed by atoms with Crippen LogP contribution in [0.1, 0.15) is 17.2 Å². The molecule has 1 heterocycles. The van der Waals surface area contributed by atoms with Crippen LogP contribution in [0.15, 0.2) is 54.6 Å². The summed E-state index contributed by atoms with van der Waals surface area (Å²) in [7, 11) is 0. The van der Waals surface area contributed by atoms with Crippen LogP contribution >= 0.6 is 0 Å². The zero-order chi connectivity index (χ0) is 19.1. The van der Waals surface area contributed by atoms with Crippen molar-refractivity contribution in [3.8, 4) is 5.75 Å². The van der Waals surface area contributed by atoms with Crippen LogP contribution in [0.25, 0.3) is 0 Å². The summed E-state index contributed by atoms with van der Waals surface area (Å²) < 4.78 is 34.4. The number of morpholine rings is 1. The molecular weight excluding hydrogens is 354 g/mol. The van der Waals surface area contributed by atoms with E-state index in [0.717, 1.165) is 24.2 Å². The Balaban J connectivity index is 1.74. The molecule has 5 nitrogen and oxygen atoms in total. The van der Waals surface area contributed by atoms with Crippen LogP contribution in [-0.2, 0) is 9.53 Å². The van der Waals surface area contributed by atoms with Crippen LogP contribution in [-0.4, -0.2) is 50.3 Å². The lowest BCUT2D eigenvalue weighted by Gasteiger charge is -2.27. The first-order valence-electron chi connectivity index (χ1n) is 8.81. The molecule has 27 heavy (non-hydrogen) atoms. The molecule has 144 valence electrons. The molecule has 1 aliphatic rings. The smallest absolute Gasteiger partial charge is 0.387 e. The molecule has 0 unspecified atom stereocenters. The summed E-state index contributed by atoms with van der Waals surface area (Å²) in [6.45, 7) is 0.127.